The Balaban J connectivity index is 1.89. The van der Waals surface area contributed by atoms with Crippen LogP contribution in [0.2, 0.25) is 0 Å². The number of ether oxygens (including phenoxy) is 1. The Labute approximate surface area is 201 Å². The molecule has 8 nitrogen and oxygen atoms in total. The van der Waals surface area contributed by atoms with E-state index in [1.54, 1.807) is 45.6 Å². The fourth-order valence-corrected chi connectivity index (χ4v) is 4.97. The van der Waals surface area contributed by atoms with E-state index in [0.717, 1.165) is 32.0 Å². The van der Waals surface area contributed by atoms with Gasteiger partial charge in [-0.3, -0.25) is 14.6 Å². The average Bonchev–Trinajstić information content (AvgIpc) is 3.41. The minimum atomic E-state index is -1.07. The maximum atomic E-state index is 12.8. The van der Waals surface area contributed by atoms with Crippen LogP contribution in [0.4, 0.5) is 0 Å². The van der Waals surface area contributed by atoms with Gasteiger partial charge in [-0.05, 0) is 56.5 Å². The Morgan fingerprint density at radius 1 is 1.26 bits per heavy atom. The predicted octanol–water partition coefficient (Wildman–Crippen LogP) is 3.77. The SMILES string of the molecule is CNC(=O)c1cc2c(-c3sc(C(C)(C)O)cc3OCc3c(C)cncc3C)cn(C)c(=O)c2[nH]1. The molecule has 9 heteroatoms. The Hall–Kier alpha value is -3.43. The van der Waals surface area contributed by atoms with E-state index < -0.39 is 5.60 Å². The summed E-state index contributed by atoms with van der Waals surface area (Å²) in [5.74, 6) is 0.285. The molecule has 0 aliphatic heterocycles. The molecule has 0 aliphatic rings. The van der Waals surface area contributed by atoms with E-state index in [4.69, 9.17) is 4.74 Å². The molecule has 1 amide bonds. The summed E-state index contributed by atoms with van der Waals surface area (Å²) in [5.41, 5.74) is 3.17. The predicted molar refractivity (Wildman–Crippen MR) is 134 cm³/mol. The number of hydrogen-bond acceptors (Lipinski definition) is 6. The van der Waals surface area contributed by atoms with Crippen LogP contribution in [0.15, 0.2) is 35.5 Å². The number of fused-ring (bicyclic) bond motifs is 1. The van der Waals surface area contributed by atoms with E-state index in [0.29, 0.717) is 29.0 Å². The molecule has 0 fully saturated rings. The first-order valence-electron chi connectivity index (χ1n) is 10.9. The smallest absolute Gasteiger partial charge is 0.274 e. The van der Waals surface area contributed by atoms with Crippen molar-refractivity contribution in [1.29, 1.82) is 0 Å². The van der Waals surface area contributed by atoms with E-state index in [1.807, 2.05) is 19.9 Å². The number of rotatable bonds is 6. The molecule has 4 aromatic heterocycles. The number of aryl methyl sites for hydroxylation is 3. The maximum Gasteiger partial charge on any atom is 0.274 e. The number of carbonyl (C=O) groups excluding carboxylic acids is 1. The fourth-order valence-electron chi connectivity index (χ4n) is 3.85. The average molecular weight is 481 g/mol. The number of nitrogens with one attached hydrogen (secondary N) is 2. The zero-order valence-corrected chi connectivity index (χ0v) is 20.9. The van der Waals surface area contributed by atoms with Gasteiger partial charge in [0.05, 0.1) is 10.5 Å². The summed E-state index contributed by atoms with van der Waals surface area (Å²) in [6, 6.07) is 3.52. The first kappa shape index (κ1) is 23.7. The number of nitrogens with zero attached hydrogens (tertiary/aromatic N) is 2. The Bertz CT molecular complexity index is 1440. The zero-order chi connectivity index (χ0) is 24.8. The molecule has 0 spiro atoms. The van der Waals surface area contributed by atoms with Crippen molar-refractivity contribution >= 4 is 28.1 Å². The van der Waals surface area contributed by atoms with Crippen LogP contribution in [0, 0.1) is 13.8 Å². The number of thiophene rings is 1. The van der Waals surface area contributed by atoms with Crippen LogP contribution in [0.5, 0.6) is 5.75 Å². The topological polar surface area (TPSA) is 109 Å². The minimum absolute atomic E-state index is 0.237. The van der Waals surface area contributed by atoms with E-state index in [1.165, 1.54) is 23.0 Å². The number of aromatic nitrogens is 3. The second kappa shape index (κ2) is 8.73. The lowest BCUT2D eigenvalue weighted by Gasteiger charge is -2.14. The Kier molecular flexibility index (Phi) is 6.09. The van der Waals surface area contributed by atoms with Crippen LogP contribution < -0.4 is 15.6 Å². The molecule has 4 aromatic rings. The van der Waals surface area contributed by atoms with Gasteiger partial charge in [0.25, 0.3) is 11.5 Å². The van der Waals surface area contributed by atoms with Crippen molar-refractivity contribution in [3.63, 3.8) is 0 Å². The zero-order valence-electron chi connectivity index (χ0n) is 20.1. The van der Waals surface area contributed by atoms with Crippen LogP contribution in [0.3, 0.4) is 0 Å². The highest BCUT2D eigenvalue weighted by molar-refractivity contribution is 7.16. The fraction of sp³-hybridized carbons (Fsp3) is 0.320. The van der Waals surface area contributed by atoms with Crippen molar-refractivity contribution in [2.24, 2.45) is 7.05 Å². The molecule has 0 aromatic carbocycles. The summed E-state index contributed by atoms with van der Waals surface area (Å²) in [4.78, 5) is 33.7. The minimum Gasteiger partial charge on any atom is -0.487 e. The van der Waals surface area contributed by atoms with Crippen molar-refractivity contribution in [2.75, 3.05) is 7.05 Å². The molecule has 0 aliphatic carbocycles. The summed E-state index contributed by atoms with van der Waals surface area (Å²) in [7, 11) is 3.21. The van der Waals surface area contributed by atoms with E-state index in [9.17, 15) is 14.7 Å². The molecule has 0 saturated carbocycles. The molecule has 0 unspecified atom stereocenters. The molecule has 3 N–H and O–H groups in total. The lowest BCUT2D eigenvalue weighted by molar-refractivity contribution is 0.0823. The van der Waals surface area contributed by atoms with Gasteiger partial charge in [-0.15, -0.1) is 11.3 Å². The van der Waals surface area contributed by atoms with Crippen LogP contribution in [0.25, 0.3) is 21.3 Å². The Morgan fingerprint density at radius 3 is 2.56 bits per heavy atom. The van der Waals surface area contributed by atoms with Gasteiger partial charge >= 0.3 is 0 Å². The standard InChI is InChI=1S/C25H28N4O4S/c1-13-9-27-10-14(2)17(13)12-33-19-8-20(25(3,4)32)34-22(19)16-11-29(6)24(31)21-15(16)7-18(28-21)23(30)26-5/h7-11,28,32H,12H2,1-6H3,(H,26,30). The Morgan fingerprint density at radius 2 is 1.94 bits per heavy atom. The normalized spacial score (nSPS) is 11.7. The number of H-pyrrole nitrogens is 1. The first-order valence-corrected chi connectivity index (χ1v) is 11.7. The van der Waals surface area contributed by atoms with Crippen molar-refractivity contribution in [3.8, 4) is 16.2 Å². The molecular formula is C25H28N4O4S. The lowest BCUT2D eigenvalue weighted by atomic mass is 10.1. The third-order valence-corrected chi connectivity index (χ3v) is 7.31. The van der Waals surface area contributed by atoms with Gasteiger partial charge in [0.1, 0.15) is 23.6 Å². The summed E-state index contributed by atoms with van der Waals surface area (Å²) in [6.07, 6.45) is 5.35. The van der Waals surface area contributed by atoms with Crippen molar-refractivity contribution in [2.45, 2.75) is 39.9 Å². The van der Waals surface area contributed by atoms with E-state index >= 15 is 0 Å². The van der Waals surface area contributed by atoms with Crippen LogP contribution in [0.1, 0.15) is 45.9 Å². The van der Waals surface area contributed by atoms with Crippen molar-refractivity contribution in [1.82, 2.24) is 19.9 Å². The molecule has 0 atom stereocenters. The van der Waals surface area contributed by atoms with Crippen molar-refractivity contribution < 1.29 is 14.6 Å². The first-order chi connectivity index (χ1) is 16.0. The van der Waals surface area contributed by atoms with E-state index in [2.05, 4.69) is 15.3 Å². The molecule has 0 radical (unpaired) electrons. The van der Waals surface area contributed by atoms with Gasteiger partial charge < -0.3 is 24.7 Å². The number of amides is 1. The van der Waals surface area contributed by atoms with Crippen LogP contribution in [-0.4, -0.2) is 32.6 Å². The van der Waals surface area contributed by atoms with Crippen LogP contribution >= 0.6 is 11.3 Å². The highest BCUT2D eigenvalue weighted by Crippen LogP contribution is 2.44. The second-order valence-corrected chi connectivity index (χ2v) is 9.97. The maximum absolute atomic E-state index is 12.8. The third-order valence-electron chi connectivity index (χ3n) is 5.84. The molecule has 178 valence electrons. The number of hydrogen-bond donors (Lipinski definition) is 3. The monoisotopic (exact) mass is 480 g/mol. The van der Waals surface area contributed by atoms with Gasteiger partial charge in [0.15, 0.2) is 0 Å². The van der Waals surface area contributed by atoms with Gasteiger partial charge in [0, 0.05) is 48.5 Å². The van der Waals surface area contributed by atoms with Gasteiger partial charge in [-0.2, -0.15) is 0 Å². The molecule has 34 heavy (non-hydrogen) atoms. The molecule has 4 heterocycles. The van der Waals surface area contributed by atoms with Gasteiger partial charge in [-0.25, -0.2) is 0 Å². The second-order valence-electron chi connectivity index (χ2n) is 8.91. The largest absolute Gasteiger partial charge is 0.487 e. The highest BCUT2D eigenvalue weighted by atomic mass is 32.1. The van der Waals surface area contributed by atoms with Gasteiger partial charge in [0.2, 0.25) is 0 Å². The van der Waals surface area contributed by atoms with E-state index in [-0.39, 0.29) is 11.5 Å². The summed E-state index contributed by atoms with van der Waals surface area (Å²) in [5, 5.41) is 13.9. The molecule has 0 saturated heterocycles. The lowest BCUT2D eigenvalue weighted by Crippen LogP contribution is -2.19. The van der Waals surface area contributed by atoms with Crippen LogP contribution in [-0.2, 0) is 19.3 Å². The number of aliphatic hydroxyl groups is 1. The number of carbonyl (C=O) groups is 1. The summed E-state index contributed by atoms with van der Waals surface area (Å²) < 4.78 is 7.78. The molecule has 4 rings (SSSR count). The molecule has 0 bridgehead atoms. The number of aromatic amines is 1. The molecular weight excluding hydrogens is 452 g/mol. The third kappa shape index (κ3) is 4.24. The summed E-state index contributed by atoms with van der Waals surface area (Å²) in [6.45, 7) is 7.76. The highest BCUT2D eigenvalue weighted by Gasteiger charge is 2.25. The van der Waals surface area contributed by atoms with Gasteiger partial charge in [-0.1, -0.05) is 0 Å². The van der Waals surface area contributed by atoms with Crippen molar-refractivity contribution in [3.05, 3.63) is 68.3 Å². The quantitative estimate of drug-likeness (QED) is 0.389. The number of pyridine rings is 2. The summed E-state index contributed by atoms with van der Waals surface area (Å²) >= 11 is 1.40.